The van der Waals surface area contributed by atoms with Crippen LogP contribution in [0.2, 0.25) is 0 Å². The van der Waals surface area contributed by atoms with Crippen molar-refractivity contribution in [1.29, 1.82) is 0 Å². The highest BCUT2D eigenvalue weighted by Crippen LogP contribution is 2.35. The Balaban J connectivity index is 2.05. The Kier molecular flexibility index (Phi) is 4.40. The molecule has 4 heteroatoms. The van der Waals surface area contributed by atoms with Gasteiger partial charge in [-0.25, -0.2) is 4.79 Å². The molecule has 0 bridgehead atoms. The fourth-order valence-electron chi connectivity index (χ4n) is 3.74. The first kappa shape index (κ1) is 17.6. The van der Waals surface area contributed by atoms with Crippen LogP contribution < -0.4 is 0 Å². The van der Waals surface area contributed by atoms with Crippen molar-refractivity contribution >= 4 is 22.6 Å². The highest BCUT2D eigenvalue weighted by Gasteiger charge is 2.34. The number of nitrogens with one attached hydrogen (secondary N) is 1. The molecular weight excluding hydrogens is 312 g/mol. The van der Waals surface area contributed by atoms with E-state index in [4.69, 9.17) is 0 Å². The van der Waals surface area contributed by atoms with Gasteiger partial charge in [-0.3, -0.25) is 0 Å². The molecule has 3 rings (SSSR count). The minimum Gasteiger partial charge on any atom is -0.465 e. The number of carbonyl (C=O) groups is 1. The molecule has 2 aromatic rings. The molecule has 0 fully saturated rings. The lowest BCUT2D eigenvalue weighted by Gasteiger charge is -2.40. The maximum atomic E-state index is 11.6. The average Bonchev–Trinajstić information content (AvgIpc) is 2.96. The lowest BCUT2D eigenvalue weighted by Crippen LogP contribution is -2.48. The van der Waals surface area contributed by atoms with E-state index in [9.17, 15) is 9.90 Å². The summed E-state index contributed by atoms with van der Waals surface area (Å²) in [6.07, 6.45) is 4.17. The molecule has 1 aromatic heterocycles. The fraction of sp³-hybridized carbons (Fsp3) is 0.476. The monoisotopic (exact) mass is 340 g/mol. The number of aromatic nitrogens is 1. The van der Waals surface area contributed by atoms with Gasteiger partial charge in [0.15, 0.2) is 0 Å². The number of fused-ring (bicyclic) bond motifs is 1. The second-order valence-electron chi connectivity index (χ2n) is 8.39. The number of carboxylic acid groups (broad SMARTS) is 1. The van der Waals surface area contributed by atoms with Crippen molar-refractivity contribution < 1.29 is 9.90 Å². The van der Waals surface area contributed by atoms with E-state index in [2.05, 4.69) is 70.1 Å². The maximum Gasteiger partial charge on any atom is 0.407 e. The second-order valence-corrected chi connectivity index (χ2v) is 8.39. The van der Waals surface area contributed by atoms with Crippen LogP contribution in [0.25, 0.3) is 16.5 Å². The van der Waals surface area contributed by atoms with Gasteiger partial charge < -0.3 is 15.0 Å². The molecule has 2 heterocycles. The summed E-state index contributed by atoms with van der Waals surface area (Å²) in [6.45, 7) is 11.2. The molecule has 1 aliphatic rings. The number of rotatable bonds is 2. The van der Waals surface area contributed by atoms with Crippen LogP contribution in [-0.4, -0.2) is 33.7 Å². The van der Waals surface area contributed by atoms with Crippen LogP contribution in [-0.2, 0) is 0 Å². The molecule has 0 saturated carbocycles. The standard InChI is InChI=1S/C21H28N2O2/c1-13(2)17-12-22-18-7-6-14(10-16(17)18)15-8-9-23(20(24)25)19(11-15)21(3,4)5/h6-7,10-13,19,22H,8-9H2,1-5H3,(H,24,25). The van der Waals surface area contributed by atoms with Crippen molar-refractivity contribution in [2.24, 2.45) is 5.41 Å². The van der Waals surface area contributed by atoms with Gasteiger partial charge in [-0.05, 0) is 46.6 Å². The van der Waals surface area contributed by atoms with Crippen LogP contribution in [0.15, 0.2) is 30.5 Å². The van der Waals surface area contributed by atoms with E-state index < -0.39 is 6.09 Å². The summed E-state index contributed by atoms with van der Waals surface area (Å²) in [4.78, 5) is 16.5. The first-order chi connectivity index (χ1) is 11.7. The molecule has 1 aromatic carbocycles. The Morgan fingerprint density at radius 2 is 2.04 bits per heavy atom. The molecule has 2 N–H and O–H groups in total. The molecule has 0 saturated heterocycles. The van der Waals surface area contributed by atoms with E-state index >= 15 is 0 Å². The van der Waals surface area contributed by atoms with Crippen LogP contribution in [0, 0.1) is 5.41 Å². The van der Waals surface area contributed by atoms with Crippen molar-refractivity contribution in [1.82, 2.24) is 9.88 Å². The number of amides is 1. The van der Waals surface area contributed by atoms with E-state index in [0.29, 0.717) is 12.5 Å². The number of hydrogen-bond acceptors (Lipinski definition) is 1. The summed E-state index contributed by atoms with van der Waals surface area (Å²) in [7, 11) is 0. The zero-order valence-corrected chi connectivity index (χ0v) is 15.8. The van der Waals surface area contributed by atoms with Crippen LogP contribution in [0.3, 0.4) is 0 Å². The van der Waals surface area contributed by atoms with E-state index in [1.54, 1.807) is 4.90 Å². The Morgan fingerprint density at radius 3 is 2.64 bits per heavy atom. The zero-order valence-electron chi connectivity index (χ0n) is 15.8. The summed E-state index contributed by atoms with van der Waals surface area (Å²) in [5.41, 5.74) is 4.80. The number of nitrogens with zero attached hydrogens (tertiary/aromatic N) is 1. The van der Waals surface area contributed by atoms with E-state index in [0.717, 1.165) is 11.9 Å². The molecule has 134 valence electrons. The van der Waals surface area contributed by atoms with Crippen LogP contribution >= 0.6 is 0 Å². The van der Waals surface area contributed by atoms with E-state index in [1.807, 2.05) is 0 Å². The summed E-state index contributed by atoms with van der Waals surface area (Å²) in [5.74, 6) is 0.467. The van der Waals surface area contributed by atoms with Crippen molar-refractivity contribution in [2.75, 3.05) is 6.54 Å². The Bertz CT molecular complexity index is 824. The third kappa shape index (κ3) is 3.30. The first-order valence-corrected chi connectivity index (χ1v) is 9.00. The Hall–Kier alpha value is -2.23. The van der Waals surface area contributed by atoms with E-state index in [1.165, 1.54) is 22.1 Å². The first-order valence-electron chi connectivity index (χ1n) is 9.00. The minimum absolute atomic E-state index is 0.111. The molecule has 1 unspecified atom stereocenters. The number of benzene rings is 1. The zero-order chi connectivity index (χ0) is 18.4. The van der Waals surface area contributed by atoms with Gasteiger partial charge in [-0.2, -0.15) is 0 Å². The third-order valence-electron chi connectivity index (χ3n) is 5.16. The normalized spacial score (nSPS) is 18.7. The van der Waals surface area contributed by atoms with Gasteiger partial charge in [-0.1, -0.05) is 46.8 Å². The van der Waals surface area contributed by atoms with Gasteiger partial charge in [0.05, 0.1) is 6.04 Å². The van der Waals surface area contributed by atoms with Gasteiger partial charge in [0.25, 0.3) is 0 Å². The van der Waals surface area contributed by atoms with Crippen molar-refractivity contribution in [2.45, 2.75) is 53.0 Å². The molecule has 1 atom stereocenters. The van der Waals surface area contributed by atoms with Crippen molar-refractivity contribution in [3.63, 3.8) is 0 Å². The topological polar surface area (TPSA) is 56.3 Å². The molecular formula is C21H28N2O2. The highest BCUT2D eigenvalue weighted by molar-refractivity contribution is 5.87. The molecule has 25 heavy (non-hydrogen) atoms. The predicted octanol–water partition coefficient (Wildman–Crippen LogP) is 5.47. The quantitative estimate of drug-likeness (QED) is 0.761. The minimum atomic E-state index is -0.835. The molecule has 1 aliphatic heterocycles. The SMILES string of the molecule is CC(C)c1c[nH]c2ccc(C3=CC(C(C)(C)C)N(C(=O)O)CC3)cc12. The number of hydrogen-bond donors (Lipinski definition) is 2. The highest BCUT2D eigenvalue weighted by atomic mass is 16.4. The molecule has 0 spiro atoms. The largest absolute Gasteiger partial charge is 0.465 e. The van der Waals surface area contributed by atoms with Gasteiger partial charge in [0.2, 0.25) is 0 Å². The van der Waals surface area contributed by atoms with Crippen LogP contribution in [0.4, 0.5) is 4.79 Å². The van der Waals surface area contributed by atoms with Gasteiger partial charge >= 0.3 is 6.09 Å². The Morgan fingerprint density at radius 1 is 1.32 bits per heavy atom. The lowest BCUT2D eigenvalue weighted by molar-refractivity contribution is 0.100. The fourth-order valence-corrected chi connectivity index (χ4v) is 3.74. The number of aromatic amines is 1. The van der Waals surface area contributed by atoms with Gasteiger partial charge in [-0.15, -0.1) is 0 Å². The smallest absolute Gasteiger partial charge is 0.407 e. The number of H-pyrrole nitrogens is 1. The van der Waals surface area contributed by atoms with Crippen molar-refractivity contribution in [3.05, 3.63) is 41.6 Å². The molecule has 0 radical (unpaired) electrons. The third-order valence-corrected chi connectivity index (χ3v) is 5.16. The molecule has 1 amide bonds. The maximum absolute atomic E-state index is 11.6. The lowest BCUT2D eigenvalue weighted by atomic mass is 9.81. The average molecular weight is 340 g/mol. The van der Waals surface area contributed by atoms with Crippen molar-refractivity contribution in [3.8, 4) is 0 Å². The summed E-state index contributed by atoms with van der Waals surface area (Å²) < 4.78 is 0. The molecule has 0 aliphatic carbocycles. The predicted molar refractivity (Wildman–Crippen MR) is 103 cm³/mol. The van der Waals surface area contributed by atoms with E-state index in [-0.39, 0.29) is 11.5 Å². The van der Waals surface area contributed by atoms with Crippen LogP contribution in [0.1, 0.15) is 58.1 Å². The summed E-state index contributed by atoms with van der Waals surface area (Å²) >= 11 is 0. The van der Waals surface area contributed by atoms with Gasteiger partial charge in [0, 0.05) is 23.6 Å². The van der Waals surface area contributed by atoms with Gasteiger partial charge in [0.1, 0.15) is 0 Å². The Labute approximate surface area is 149 Å². The summed E-state index contributed by atoms with van der Waals surface area (Å²) in [6, 6.07) is 6.42. The van der Waals surface area contributed by atoms with Crippen LogP contribution in [0.5, 0.6) is 0 Å². The summed E-state index contributed by atoms with van der Waals surface area (Å²) in [5, 5.41) is 10.8. The second kappa shape index (κ2) is 6.25. The molecule has 4 nitrogen and oxygen atoms in total.